The minimum absolute atomic E-state index is 0.0183. The predicted molar refractivity (Wildman–Crippen MR) is 106 cm³/mol. The first kappa shape index (κ1) is 22.4. The number of amides is 1. The highest BCUT2D eigenvalue weighted by atomic mass is 32.2. The van der Waals surface area contributed by atoms with Gasteiger partial charge in [-0.25, -0.2) is 13.2 Å². The molecule has 1 aromatic carbocycles. The summed E-state index contributed by atoms with van der Waals surface area (Å²) in [6.45, 7) is 5.10. The molecule has 156 valence electrons. The Hall–Kier alpha value is -1.93. The molecule has 1 aliphatic rings. The summed E-state index contributed by atoms with van der Waals surface area (Å²) in [6.07, 6.45) is 4.97. The molecule has 1 N–H and O–H groups in total. The van der Waals surface area contributed by atoms with Crippen molar-refractivity contribution in [2.24, 2.45) is 0 Å². The SMILES string of the molecule is CN(C1CCCCC1)S(=O)(=O)c1ccc(C(=O)OCC(=O)NC(C)(C)C)cc1. The highest BCUT2D eigenvalue weighted by Gasteiger charge is 2.29. The van der Waals surface area contributed by atoms with Crippen molar-refractivity contribution in [3.05, 3.63) is 29.8 Å². The van der Waals surface area contributed by atoms with Crippen LogP contribution in [0.5, 0.6) is 0 Å². The first-order valence-corrected chi connectivity index (χ1v) is 11.0. The lowest BCUT2D eigenvalue weighted by atomic mass is 9.96. The Kier molecular flexibility index (Phi) is 7.22. The first-order valence-electron chi connectivity index (χ1n) is 9.57. The highest BCUT2D eigenvalue weighted by Crippen LogP contribution is 2.26. The second-order valence-corrected chi connectivity index (χ2v) is 10.2. The minimum Gasteiger partial charge on any atom is -0.452 e. The molecule has 0 bridgehead atoms. The van der Waals surface area contributed by atoms with Crippen LogP contribution in [0.25, 0.3) is 0 Å². The van der Waals surface area contributed by atoms with Crippen molar-refractivity contribution < 1.29 is 22.7 Å². The maximum Gasteiger partial charge on any atom is 0.338 e. The monoisotopic (exact) mass is 410 g/mol. The summed E-state index contributed by atoms with van der Waals surface area (Å²) in [7, 11) is -2.00. The van der Waals surface area contributed by atoms with Crippen LogP contribution in [0.3, 0.4) is 0 Å². The molecule has 1 saturated carbocycles. The Balaban J connectivity index is 1.99. The highest BCUT2D eigenvalue weighted by molar-refractivity contribution is 7.89. The van der Waals surface area contributed by atoms with Gasteiger partial charge in [0.05, 0.1) is 10.5 Å². The van der Waals surface area contributed by atoms with Gasteiger partial charge in [-0.05, 0) is 57.9 Å². The summed E-state index contributed by atoms with van der Waals surface area (Å²) in [4.78, 5) is 24.0. The van der Waals surface area contributed by atoms with Crippen LogP contribution < -0.4 is 5.32 Å². The number of nitrogens with one attached hydrogen (secondary N) is 1. The zero-order valence-corrected chi connectivity index (χ0v) is 17.8. The normalized spacial score (nSPS) is 16.0. The Morgan fingerprint density at radius 2 is 1.68 bits per heavy atom. The van der Waals surface area contributed by atoms with Crippen LogP contribution in [0.1, 0.15) is 63.2 Å². The molecule has 0 radical (unpaired) electrons. The van der Waals surface area contributed by atoms with Crippen molar-refractivity contribution in [1.82, 2.24) is 9.62 Å². The molecule has 0 atom stereocenters. The first-order chi connectivity index (χ1) is 13.0. The van der Waals surface area contributed by atoms with Crippen LogP contribution in [0.4, 0.5) is 0 Å². The van der Waals surface area contributed by atoms with Gasteiger partial charge in [-0.3, -0.25) is 4.79 Å². The van der Waals surface area contributed by atoms with Gasteiger partial charge in [0.1, 0.15) is 0 Å². The number of ether oxygens (including phenoxy) is 1. The third-order valence-electron chi connectivity index (χ3n) is 4.70. The second kappa shape index (κ2) is 9.05. The maximum atomic E-state index is 12.8. The summed E-state index contributed by atoms with van der Waals surface area (Å²) < 4.78 is 32.1. The van der Waals surface area contributed by atoms with Gasteiger partial charge in [-0.1, -0.05) is 19.3 Å². The molecule has 0 heterocycles. The van der Waals surface area contributed by atoms with Gasteiger partial charge in [-0.15, -0.1) is 0 Å². The quantitative estimate of drug-likeness (QED) is 0.728. The number of hydrogen-bond donors (Lipinski definition) is 1. The number of hydrogen-bond acceptors (Lipinski definition) is 5. The van der Waals surface area contributed by atoms with Gasteiger partial charge >= 0.3 is 5.97 Å². The average molecular weight is 411 g/mol. The van der Waals surface area contributed by atoms with Gasteiger partial charge in [-0.2, -0.15) is 4.31 Å². The number of benzene rings is 1. The number of nitrogens with zero attached hydrogens (tertiary/aromatic N) is 1. The molecule has 0 spiro atoms. The van der Waals surface area contributed by atoms with Crippen molar-refractivity contribution in [1.29, 1.82) is 0 Å². The number of sulfonamides is 1. The molecular formula is C20H30N2O5S. The van der Waals surface area contributed by atoms with E-state index in [1.807, 2.05) is 20.8 Å². The molecule has 28 heavy (non-hydrogen) atoms. The fourth-order valence-corrected chi connectivity index (χ4v) is 4.65. The standard InChI is InChI=1S/C20H30N2O5S/c1-20(2,3)21-18(23)14-27-19(24)15-10-12-17(13-11-15)28(25,26)22(4)16-8-6-5-7-9-16/h10-13,16H,5-9,14H2,1-4H3,(H,21,23). The summed E-state index contributed by atoms with van der Waals surface area (Å²) in [5.74, 6) is -1.07. The number of carbonyl (C=O) groups excluding carboxylic acids is 2. The van der Waals surface area contributed by atoms with Crippen LogP contribution >= 0.6 is 0 Å². The Morgan fingerprint density at radius 1 is 1.11 bits per heavy atom. The summed E-state index contributed by atoms with van der Waals surface area (Å²) in [5, 5.41) is 2.70. The lowest BCUT2D eigenvalue weighted by Crippen LogP contribution is -2.42. The molecule has 2 rings (SSSR count). The average Bonchev–Trinajstić information content (AvgIpc) is 2.65. The molecule has 7 nitrogen and oxygen atoms in total. The lowest BCUT2D eigenvalue weighted by Gasteiger charge is -2.30. The van der Waals surface area contributed by atoms with Gasteiger partial charge < -0.3 is 10.1 Å². The molecule has 1 aliphatic carbocycles. The fraction of sp³-hybridized carbons (Fsp3) is 0.600. The van der Waals surface area contributed by atoms with Crippen LogP contribution in [0.2, 0.25) is 0 Å². The summed E-state index contributed by atoms with van der Waals surface area (Å²) >= 11 is 0. The van der Waals surface area contributed by atoms with E-state index < -0.39 is 27.4 Å². The van der Waals surface area contributed by atoms with Crippen molar-refractivity contribution in [3.8, 4) is 0 Å². The predicted octanol–water partition coefficient (Wildman–Crippen LogP) is 2.71. The van der Waals surface area contributed by atoms with E-state index >= 15 is 0 Å². The van der Waals surface area contributed by atoms with E-state index in [2.05, 4.69) is 5.32 Å². The van der Waals surface area contributed by atoms with Crippen LogP contribution in [-0.4, -0.2) is 49.8 Å². The van der Waals surface area contributed by atoms with Crippen LogP contribution in [-0.2, 0) is 19.6 Å². The number of rotatable bonds is 6. The molecule has 8 heteroatoms. The minimum atomic E-state index is -3.61. The molecule has 0 aromatic heterocycles. The lowest BCUT2D eigenvalue weighted by molar-refractivity contribution is -0.125. The van der Waals surface area contributed by atoms with E-state index in [0.29, 0.717) is 0 Å². The van der Waals surface area contributed by atoms with E-state index in [-0.39, 0.29) is 23.1 Å². The number of esters is 1. The van der Waals surface area contributed by atoms with Crippen molar-refractivity contribution >= 4 is 21.9 Å². The second-order valence-electron chi connectivity index (χ2n) is 8.21. The number of carbonyl (C=O) groups is 2. The molecule has 1 fully saturated rings. The largest absolute Gasteiger partial charge is 0.452 e. The van der Waals surface area contributed by atoms with Gasteiger partial charge in [0, 0.05) is 18.6 Å². The summed E-state index contributed by atoms with van der Waals surface area (Å²) in [6, 6.07) is 5.64. The zero-order valence-electron chi connectivity index (χ0n) is 17.0. The molecule has 0 unspecified atom stereocenters. The van der Waals surface area contributed by atoms with Crippen LogP contribution in [0, 0.1) is 0 Å². The van der Waals surface area contributed by atoms with E-state index in [1.54, 1.807) is 7.05 Å². The van der Waals surface area contributed by atoms with E-state index in [1.165, 1.54) is 28.6 Å². The van der Waals surface area contributed by atoms with Gasteiger partial charge in [0.15, 0.2) is 6.61 Å². The van der Waals surface area contributed by atoms with E-state index in [4.69, 9.17) is 4.74 Å². The summed E-state index contributed by atoms with van der Waals surface area (Å²) in [5.41, 5.74) is -0.216. The third-order valence-corrected chi connectivity index (χ3v) is 6.63. The van der Waals surface area contributed by atoms with Gasteiger partial charge in [0.2, 0.25) is 10.0 Å². The molecular weight excluding hydrogens is 380 g/mol. The molecule has 0 aliphatic heterocycles. The topological polar surface area (TPSA) is 92.8 Å². The Morgan fingerprint density at radius 3 is 2.21 bits per heavy atom. The van der Waals surface area contributed by atoms with E-state index in [9.17, 15) is 18.0 Å². The molecule has 1 amide bonds. The van der Waals surface area contributed by atoms with E-state index in [0.717, 1.165) is 32.1 Å². The molecule has 1 aromatic rings. The van der Waals surface area contributed by atoms with Crippen molar-refractivity contribution in [2.75, 3.05) is 13.7 Å². The fourth-order valence-electron chi connectivity index (χ4n) is 3.24. The van der Waals surface area contributed by atoms with Gasteiger partial charge in [0.25, 0.3) is 5.91 Å². The van der Waals surface area contributed by atoms with Crippen molar-refractivity contribution in [3.63, 3.8) is 0 Å². The third kappa shape index (κ3) is 6.04. The zero-order chi connectivity index (χ0) is 20.9. The maximum absolute atomic E-state index is 12.8. The Labute approximate surface area is 167 Å². The van der Waals surface area contributed by atoms with Crippen molar-refractivity contribution in [2.45, 2.75) is 69.4 Å². The molecule has 0 saturated heterocycles. The smallest absolute Gasteiger partial charge is 0.338 e. The van der Waals surface area contributed by atoms with Crippen LogP contribution in [0.15, 0.2) is 29.2 Å². The Bertz CT molecular complexity index is 791.